The average Bonchev–Trinajstić information content (AvgIpc) is 3.49. The van der Waals surface area contributed by atoms with E-state index in [0.29, 0.717) is 36.9 Å². The number of carbonyl (C=O) groups excluding carboxylic acids is 2. The number of hydrogen-bond acceptors (Lipinski definition) is 6. The van der Waals surface area contributed by atoms with E-state index in [0.717, 1.165) is 5.56 Å². The monoisotopic (exact) mass is 518 g/mol. The number of alkyl halides is 1. The lowest BCUT2D eigenvalue weighted by atomic mass is 9.80. The molecule has 3 heterocycles. The minimum Gasteiger partial charge on any atom is -0.315 e. The molecule has 36 heavy (non-hydrogen) atoms. The fourth-order valence-electron chi connectivity index (χ4n) is 5.35. The van der Waals surface area contributed by atoms with Crippen molar-refractivity contribution in [2.24, 2.45) is 13.0 Å². The van der Waals surface area contributed by atoms with Crippen LogP contribution in [0.25, 0.3) is 0 Å². The van der Waals surface area contributed by atoms with E-state index in [4.69, 9.17) is 0 Å². The van der Waals surface area contributed by atoms with Crippen LogP contribution in [0.3, 0.4) is 0 Å². The number of hydrogen-bond donors (Lipinski definition) is 1. The summed E-state index contributed by atoms with van der Waals surface area (Å²) >= 11 is 0. The van der Waals surface area contributed by atoms with Gasteiger partial charge in [0.2, 0.25) is 15.9 Å². The Hall–Kier alpha value is -2.86. The van der Waals surface area contributed by atoms with Crippen molar-refractivity contribution in [3.8, 4) is 0 Å². The number of aryl methyl sites for hydroxylation is 2. The van der Waals surface area contributed by atoms with Crippen LogP contribution >= 0.6 is 0 Å². The van der Waals surface area contributed by atoms with Crippen LogP contribution in [0.2, 0.25) is 0 Å². The number of pyridine rings is 1. The summed E-state index contributed by atoms with van der Waals surface area (Å²) in [5.74, 6) is -1.06. The predicted octanol–water partition coefficient (Wildman–Crippen LogP) is 2.05. The number of carbonyl (C=O) groups is 2. The summed E-state index contributed by atoms with van der Waals surface area (Å²) in [6, 6.07) is 2.92. The van der Waals surface area contributed by atoms with Crippen molar-refractivity contribution < 1.29 is 22.4 Å². The standard InChI is InChI=1S/C24H31FN6O4S/c1-16-5-8-26-18(9-16)14-30-21-4-3-19(36(34,35)28-24(15-25)6-7-24)10-20(21)22(32)31(23(30)33)13-17-11-27-29(2)12-17/h5,8-9,11-12,19-21,28H,3-4,6-7,10,13-15H2,1-2H3. The summed E-state index contributed by atoms with van der Waals surface area (Å²) in [5, 5.41) is 3.31. The van der Waals surface area contributed by atoms with Gasteiger partial charge >= 0.3 is 6.03 Å². The summed E-state index contributed by atoms with van der Waals surface area (Å²) in [4.78, 5) is 34.5. The Morgan fingerprint density at radius 1 is 1.22 bits per heavy atom. The van der Waals surface area contributed by atoms with Gasteiger partial charge in [0.1, 0.15) is 6.67 Å². The van der Waals surface area contributed by atoms with Gasteiger partial charge in [-0.2, -0.15) is 5.10 Å². The first-order valence-corrected chi connectivity index (χ1v) is 13.8. The van der Waals surface area contributed by atoms with Gasteiger partial charge in [0.05, 0.1) is 41.7 Å². The first-order valence-electron chi connectivity index (χ1n) is 12.2. The number of imide groups is 1. The van der Waals surface area contributed by atoms with Gasteiger partial charge in [-0.3, -0.25) is 19.4 Å². The highest BCUT2D eigenvalue weighted by atomic mass is 32.2. The van der Waals surface area contributed by atoms with Gasteiger partial charge in [-0.15, -0.1) is 0 Å². The van der Waals surface area contributed by atoms with E-state index in [1.807, 2.05) is 19.1 Å². The molecule has 3 aliphatic rings. The fourth-order valence-corrected chi connectivity index (χ4v) is 7.29. The largest absolute Gasteiger partial charge is 0.327 e. The van der Waals surface area contributed by atoms with Crippen molar-refractivity contribution in [2.75, 3.05) is 6.67 Å². The van der Waals surface area contributed by atoms with Gasteiger partial charge in [0.15, 0.2) is 0 Å². The quantitative estimate of drug-likeness (QED) is 0.572. The van der Waals surface area contributed by atoms with Crippen LogP contribution in [0.4, 0.5) is 9.18 Å². The average molecular weight is 519 g/mol. The second-order valence-corrected chi connectivity index (χ2v) is 12.3. The minimum atomic E-state index is -3.82. The van der Waals surface area contributed by atoms with Crippen LogP contribution in [0.15, 0.2) is 30.7 Å². The highest BCUT2D eigenvalue weighted by Crippen LogP contribution is 2.41. The normalized spacial score (nSPS) is 25.7. The van der Waals surface area contributed by atoms with Gasteiger partial charge in [-0.05, 0) is 56.7 Å². The van der Waals surface area contributed by atoms with E-state index >= 15 is 0 Å². The molecule has 2 aromatic rings. The highest BCUT2D eigenvalue weighted by Gasteiger charge is 2.53. The Balaban J connectivity index is 1.43. The van der Waals surface area contributed by atoms with Gasteiger partial charge in [-0.1, -0.05) is 0 Å². The summed E-state index contributed by atoms with van der Waals surface area (Å²) in [5.41, 5.74) is 1.42. The lowest BCUT2D eigenvalue weighted by molar-refractivity contribution is -0.141. The predicted molar refractivity (Wildman–Crippen MR) is 129 cm³/mol. The van der Waals surface area contributed by atoms with Crippen LogP contribution < -0.4 is 4.72 Å². The van der Waals surface area contributed by atoms with Crippen LogP contribution in [0.1, 0.15) is 48.9 Å². The van der Waals surface area contributed by atoms with E-state index < -0.39 is 45.5 Å². The molecule has 194 valence electrons. The zero-order chi connectivity index (χ0) is 25.7. The SMILES string of the molecule is Cc1ccnc(CN2C(=O)N(Cc3cnn(C)c3)C(=O)C3CC(S(=O)(=O)NC4(CF)CC4)CCC32)c1. The van der Waals surface area contributed by atoms with Crippen molar-refractivity contribution >= 4 is 22.0 Å². The second kappa shape index (κ2) is 9.22. The molecule has 0 radical (unpaired) electrons. The van der Waals surface area contributed by atoms with E-state index in [9.17, 15) is 22.4 Å². The molecule has 12 heteroatoms. The zero-order valence-electron chi connectivity index (χ0n) is 20.4. The third-order valence-corrected chi connectivity index (χ3v) is 9.56. The molecule has 2 aromatic heterocycles. The number of amides is 3. The van der Waals surface area contributed by atoms with Crippen LogP contribution in [0.5, 0.6) is 0 Å². The Bertz CT molecular complexity index is 1280. The number of urea groups is 1. The van der Waals surface area contributed by atoms with Gasteiger partial charge < -0.3 is 4.90 Å². The molecule has 0 aromatic carbocycles. The summed E-state index contributed by atoms with van der Waals surface area (Å²) in [6.07, 6.45) is 6.71. The first kappa shape index (κ1) is 24.8. The van der Waals surface area contributed by atoms with Crippen LogP contribution in [0, 0.1) is 12.8 Å². The van der Waals surface area contributed by atoms with Crippen LogP contribution in [-0.2, 0) is 35.0 Å². The van der Waals surface area contributed by atoms with Crippen molar-refractivity contribution in [3.63, 3.8) is 0 Å². The third kappa shape index (κ3) is 4.75. The smallest absolute Gasteiger partial charge is 0.315 e. The molecule has 3 atom stereocenters. The topological polar surface area (TPSA) is 118 Å². The summed E-state index contributed by atoms with van der Waals surface area (Å²) in [7, 11) is -2.07. The molecule has 1 aliphatic heterocycles. The number of fused-ring (bicyclic) bond motifs is 1. The molecule has 1 N–H and O–H groups in total. The van der Waals surface area contributed by atoms with Gasteiger partial charge in [0, 0.05) is 31.0 Å². The Morgan fingerprint density at radius 2 is 2.00 bits per heavy atom. The number of aromatic nitrogens is 3. The Morgan fingerprint density at radius 3 is 2.64 bits per heavy atom. The van der Waals surface area contributed by atoms with Crippen molar-refractivity contribution in [3.05, 3.63) is 47.5 Å². The molecule has 3 fully saturated rings. The molecule has 5 rings (SSSR count). The molecule has 0 bridgehead atoms. The molecular weight excluding hydrogens is 487 g/mol. The number of rotatable bonds is 8. The number of nitrogens with zero attached hydrogens (tertiary/aromatic N) is 5. The number of nitrogens with one attached hydrogen (secondary N) is 1. The van der Waals surface area contributed by atoms with E-state index in [2.05, 4.69) is 14.8 Å². The van der Waals surface area contributed by atoms with Gasteiger partial charge in [0.25, 0.3) is 0 Å². The van der Waals surface area contributed by atoms with E-state index in [1.165, 1.54) is 4.90 Å². The molecule has 3 amide bonds. The minimum absolute atomic E-state index is 0.0487. The van der Waals surface area contributed by atoms with Gasteiger partial charge in [-0.25, -0.2) is 22.3 Å². The number of sulfonamides is 1. The first-order chi connectivity index (χ1) is 17.1. The maximum atomic E-state index is 13.6. The third-order valence-electron chi connectivity index (χ3n) is 7.54. The van der Waals surface area contributed by atoms with E-state index in [1.54, 1.807) is 35.2 Å². The molecule has 1 saturated heterocycles. The van der Waals surface area contributed by atoms with Crippen molar-refractivity contribution in [2.45, 2.75) is 68.9 Å². The maximum Gasteiger partial charge on any atom is 0.327 e. The highest BCUT2D eigenvalue weighted by molar-refractivity contribution is 7.90. The summed E-state index contributed by atoms with van der Waals surface area (Å²) < 4.78 is 43.8. The number of halogens is 1. The molecule has 0 spiro atoms. The lowest BCUT2D eigenvalue weighted by Gasteiger charge is -2.48. The summed E-state index contributed by atoms with van der Waals surface area (Å²) in [6.45, 7) is 1.47. The van der Waals surface area contributed by atoms with Crippen molar-refractivity contribution in [1.29, 1.82) is 0 Å². The van der Waals surface area contributed by atoms with Crippen LogP contribution in [-0.4, -0.2) is 68.4 Å². The molecule has 10 nitrogen and oxygen atoms in total. The molecule has 3 unspecified atom stereocenters. The zero-order valence-corrected chi connectivity index (χ0v) is 21.2. The lowest BCUT2D eigenvalue weighted by Crippen LogP contribution is -2.63. The fraction of sp³-hybridized carbons (Fsp3) is 0.583. The second-order valence-electron chi connectivity index (χ2n) is 10.4. The maximum absolute atomic E-state index is 13.6. The van der Waals surface area contributed by atoms with E-state index in [-0.39, 0.29) is 25.4 Å². The van der Waals surface area contributed by atoms with Crippen molar-refractivity contribution in [1.82, 2.24) is 29.3 Å². The molecular formula is C24H31FN6O4S. The molecule has 2 saturated carbocycles. The Kier molecular flexibility index (Phi) is 6.36. The Labute approximate surface area is 209 Å². The molecule has 2 aliphatic carbocycles.